The van der Waals surface area contributed by atoms with Crippen molar-refractivity contribution in [3.05, 3.63) is 54.4 Å². The molecular weight excluding hydrogens is 366 g/mol. The Balaban J connectivity index is 1.95. The van der Waals surface area contributed by atoms with Crippen LogP contribution < -0.4 is 14.4 Å². The fraction of sp³-hybridized carbons (Fsp3) is 0.368. The molecule has 1 aromatic carbocycles. The van der Waals surface area contributed by atoms with Crippen LogP contribution in [0, 0.1) is 0 Å². The average molecular weight is 391 g/mol. The number of anilines is 1. The first-order chi connectivity index (χ1) is 12.9. The number of pyridine rings is 1. The lowest BCUT2D eigenvalue weighted by Crippen LogP contribution is -2.32. The first-order valence-corrected chi connectivity index (χ1v) is 10.6. The highest BCUT2D eigenvalue weighted by atomic mass is 32.2. The number of ether oxygens (including phenoxy) is 1. The van der Waals surface area contributed by atoms with Crippen molar-refractivity contribution in [2.45, 2.75) is 26.3 Å². The third-order valence-electron chi connectivity index (χ3n) is 3.79. The minimum absolute atomic E-state index is 0.146. The molecule has 1 aromatic heterocycles. The first-order valence-electron chi connectivity index (χ1n) is 8.78. The van der Waals surface area contributed by atoms with Crippen molar-refractivity contribution >= 4 is 21.6 Å². The van der Waals surface area contributed by atoms with Crippen LogP contribution in [0.25, 0.3) is 0 Å². The van der Waals surface area contributed by atoms with E-state index >= 15 is 0 Å². The zero-order chi connectivity index (χ0) is 19.7. The maximum Gasteiger partial charge on any atom is 0.232 e. The van der Waals surface area contributed by atoms with E-state index in [1.807, 2.05) is 25.1 Å². The Labute approximate surface area is 160 Å². The number of amides is 1. The van der Waals surface area contributed by atoms with Gasteiger partial charge in [0.15, 0.2) is 0 Å². The summed E-state index contributed by atoms with van der Waals surface area (Å²) < 4.78 is 31.3. The monoisotopic (exact) mass is 391 g/mol. The van der Waals surface area contributed by atoms with E-state index in [0.29, 0.717) is 31.0 Å². The van der Waals surface area contributed by atoms with E-state index in [1.54, 1.807) is 30.5 Å². The maximum atomic E-state index is 12.2. The average Bonchev–Trinajstić information content (AvgIpc) is 2.64. The Morgan fingerprint density at radius 2 is 1.93 bits per heavy atom. The molecule has 146 valence electrons. The summed E-state index contributed by atoms with van der Waals surface area (Å²) in [5.74, 6) is 0.359. The molecule has 2 aromatic rings. The molecule has 0 fully saturated rings. The topological polar surface area (TPSA) is 88.6 Å². The van der Waals surface area contributed by atoms with Gasteiger partial charge >= 0.3 is 0 Å². The first kappa shape index (κ1) is 20.7. The van der Waals surface area contributed by atoms with E-state index in [2.05, 4.69) is 10.3 Å². The van der Waals surface area contributed by atoms with Crippen molar-refractivity contribution in [1.82, 2.24) is 10.3 Å². The minimum Gasteiger partial charge on any atom is -0.492 e. The normalized spacial score (nSPS) is 11.0. The minimum atomic E-state index is -3.50. The Morgan fingerprint density at radius 1 is 1.19 bits per heavy atom. The summed E-state index contributed by atoms with van der Waals surface area (Å²) in [4.78, 5) is 16.2. The summed E-state index contributed by atoms with van der Waals surface area (Å²) in [6, 6.07) is 12.5. The van der Waals surface area contributed by atoms with Gasteiger partial charge < -0.3 is 10.1 Å². The molecule has 27 heavy (non-hydrogen) atoms. The van der Waals surface area contributed by atoms with Gasteiger partial charge in [-0.15, -0.1) is 0 Å². The number of hydrogen-bond acceptors (Lipinski definition) is 5. The summed E-state index contributed by atoms with van der Waals surface area (Å²) in [6.07, 6.45) is 3.43. The molecule has 0 radical (unpaired) electrons. The van der Waals surface area contributed by atoms with Crippen LogP contribution >= 0.6 is 0 Å². The molecule has 0 aliphatic rings. The van der Waals surface area contributed by atoms with Gasteiger partial charge in [0.2, 0.25) is 15.9 Å². The van der Waals surface area contributed by atoms with Crippen LogP contribution in [-0.2, 0) is 21.4 Å². The van der Waals surface area contributed by atoms with Gasteiger partial charge in [0.05, 0.1) is 30.8 Å². The molecule has 1 heterocycles. The van der Waals surface area contributed by atoms with Crippen molar-refractivity contribution < 1.29 is 17.9 Å². The lowest BCUT2D eigenvalue weighted by molar-refractivity contribution is -0.121. The molecule has 0 bridgehead atoms. The van der Waals surface area contributed by atoms with E-state index in [1.165, 1.54) is 4.31 Å². The van der Waals surface area contributed by atoms with Crippen molar-refractivity contribution in [2.24, 2.45) is 0 Å². The standard InChI is InChI=1S/C19H25N3O4S/c1-3-26-18-11-5-4-10-17(18)22(27(2,24)25)14-8-12-19(23)21-15-16-9-6-7-13-20-16/h4-7,9-11,13H,3,8,12,14-15H2,1-2H3,(H,21,23). The molecule has 0 aliphatic carbocycles. The summed E-state index contributed by atoms with van der Waals surface area (Å²) in [7, 11) is -3.50. The number of nitrogens with one attached hydrogen (secondary N) is 1. The second kappa shape index (κ2) is 9.91. The van der Waals surface area contributed by atoms with Gasteiger partial charge in [-0.05, 0) is 37.6 Å². The summed E-state index contributed by atoms with van der Waals surface area (Å²) in [5.41, 5.74) is 1.25. The highest BCUT2D eigenvalue weighted by molar-refractivity contribution is 7.92. The smallest absolute Gasteiger partial charge is 0.232 e. The van der Waals surface area contributed by atoms with E-state index in [9.17, 15) is 13.2 Å². The molecule has 7 nitrogen and oxygen atoms in total. The number of para-hydroxylation sites is 2. The molecule has 0 atom stereocenters. The Morgan fingerprint density at radius 3 is 2.59 bits per heavy atom. The number of hydrogen-bond donors (Lipinski definition) is 1. The third-order valence-corrected chi connectivity index (χ3v) is 4.97. The Kier molecular flexibility index (Phi) is 7.60. The highest BCUT2D eigenvalue weighted by Crippen LogP contribution is 2.30. The molecule has 1 N–H and O–H groups in total. The molecule has 2 rings (SSSR count). The zero-order valence-corrected chi connectivity index (χ0v) is 16.4. The number of benzene rings is 1. The fourth-order valence-corrected chi connectivity index (χ4v) is 3.54. The van der Waals surface area contributed by atoms with Gasteiger partial charge in [-0.3, -0.25) is 14.1 Å². The summed E-state index contributed by atoms with van der Waals surface area (Å²) in [6.45, 7) is 2.82. The van der Waals surface area contributed by atoms with Gasteiger partial charge in [-0.1, -0.05) is 18.2 Å². The highest BCUT2D eigenvalue weighted by Gasteiger charge is 2.21. The number of carbonyl (C=O) groups excluding carboxylic acids is 1. The number of aromatic nitrogens is 1. The van der Waals surface area contributed by atoms with Gasteiger partial charge in [-0.25, -0.2) is 8.42 Å². The van der Waals surface area contributed by atoms with Crippen LogP contribution in [0.4, 0.5) is 5.69 Å². The lowest BCUT2D eigenvalue weighted by Gasteiger charge is -2.24. The quantitative estimate of drug-likeness (QED) is 0.672. The van der Waals surface area contributed by atoms with E-state index in [-0.39, 0.29) is 18.9 Å². The second-order valence-electron chi connectivity index (χ2n) is 5.94. The van der Waals surface area contributed by atoms with Crippen LogP contribution in [0.5, 0.6) is 5.75 Å². The number of nitrogens with zero attached hydrogens (tertiary/aromatic N) is 2. The van der Waals surface area contributed by atoms with Crippen molar-refractivity contribution in [3.8, 4) is 5.75 Å². The SMILES string of the molecule is CCOc1ccccc1N(CCCC(=O)NCc1ccccn1)S(C)(=O)=O. The number of rotatable bonds is 10. The largest absolute Gasteiger partial charge is 0.492 e. The molecule has 0 spiro atoms. The Hall–Kier alpha value is -2.61. The van der Waals surface area contributed by atoms with Crippen molar-refractivity contribution in [2.75, 3.05) is 23.7 Å². The van der Waals surface area contributed by atoms with Gasteiger partial charge in [0, 0.05) is 19.2 Å². The predicted octanol–water partition coefficient (Wildman–Crippen LogP) is 2.34. The molecule has 0 saturated heterocycles. The molecule has 0 unspecified atom stereocenters. The van der Waals surface area contributed by atoms with E-state index in [4.69, 9.17) is 4.74 Å². The van der Waals surface area contributed by atoms with Crippen LogP contribution in [0.2, 0.25) is 0 Å². The van der Waals surface area contributed by atoms with E-state index < -0.39 is 10.0 Å². The number of sulfonamides is 1. The number of carbonyl (C=O) groups is 1. The molecular formula is C19H25N3O4S. The van der Waals surface area contributed by atoms with Crippen molar-refractivity contribution in [1.29, 1.82) is 0 Å². The fourth-order valence-electron chi connectivity index (χ4n) is 2.57. The van der Waals surface area contributed by atoms with Gasteiger partial charge in [0.1, 0.15) is 5.75 Å². The maximum absolute atomic E-state index is 12.2. The van der Waals surface area contributed by atoms with Crippen LogP contribution in [0.3, 0.4) is 0 Å². The van der Waals surface area contributed by atoms with Gasteiger partial charge in [0.25, 0.3) is 0 Å². The van der Waals surface area contributed by atoms with Crippen LogP contribution in [0.15, 0.2) is 48.7 Å². The zero-order valence-electron chi connectivity index (χ0n) is 15.6. The Bertz CT molecular complexity index is 841. The predicted molar refractivity (Wildman–Crippen MR) is 105 cm³/mol. The molecule has 8 heteroatoms. The van der Waals surface area contributed by atoms with Crippen molar-refractivity contribution in [3.63, 3.8) is 0 Å². The van der Waals surface area contributed by atoms with Crippen LogP contribution in [0.1, 0.15) is 25.5 Å². The molecule has 0 aliphatic heterocycles. The third kappa shape index (κ3) is 6.56. The second-order valence-corrected chi connectivity index (χ2v) is 7.84. The van der Waals surface area contributed by atoms with Gasteiger partial charge in [-0.2, -0.15) is 0 Å². The lowest BCUT2D eigenvalue weighted by atomic mass is 10.2. The van der Waals surface area contributed by atoms with Crippen LogP contribution in [-0.4, -0.2) is 38.7 Å². The molecule has 1 amide bonds. The summed E-state index contributed by atoms with van der Waals surface area (Å²) >= 11 is 0. The molecule has 0 saturated carbocycles. The summed E-state index contributed by atoms with van der Waals surface area (Å²) in [5, 5.41) is 2.79. The van der Waals surface area contributed by atoms with E-state index in [0.717, 1.165) is 11.9 Å².